The van der Waals surface area contributed by atoms with Gasteiger partial charge in [-0.15, -0.1) is 0 Å². The number of carbonyl (C=O) groups is 2. The molecular formula is C25H25N3O4S. The van der Waals surface area contributed by atoms with Crippen LogP contribution in [0.4, 0.5) is 0 Å². The monoisotopic (exact) mass is 463 g/mol. The molecule has 0 bridgehead atoms. The predicted octanol–water partition coefficient (Wildman–Crippen LogP) is 2.71. The van der Waals surface area contributed by atoms with E-state index in [1.165, 1.54) is 0 Å². The summed E-state index contributed by atoms with van der Waals surface area (Å²) in [6.45, 7) is -0.403. The van der Waals surface area contributed by atoms with Crippen LogP contribution in [0.5, 0.6) is 0 Å². The molecule has 33 heavy (non-hydrogen) atoms. The van der Waals surface area contributed by atoms with Gasteiger partial charge in [0.15, 0.2) is 5.78 Å². The molecule has 8 heteroatoms. The van der Waals surface area contributed by atoms with Crippen LogP contribution in [0.15, 0.2) is 79.1 Å². The Hall–Kier alpha value is -3.62. The minimum Gasteiger partial charge on any atom is -0.342 e. The third kappa shape index (κ3) is 7.78. The number of nitrogens with one attached hydrogen (secondary N) is 2. The summed E-state index contributed by atoms with van der Waals surface area (Å²) >= 11 is 0. The maximum Gasteiger partial charge on any atom is 0.252 e. The lowest BCUT2D eigenvalue weighted by Crippen LogP contribution is -2.46. The normalized spacial score (nSPS) is 12.4. The van der Waals surface area contributed by atoms with Gasteiger partial charge in [-0.25, -0.2) is 13.1 Å². The van der Waals surface area contributed by atoms with Crippen molar-refractivity contribution in [2.45, 2.75) is 12.5 Å². The SMILES string of the molecule is CS(=O)(=O)NCC(=O)[C@H](Cc1ccccc1)NC(=O)c1ccccc1/C=C/c1ccncc1. The van der Waals surface area contributed by atoms with Gasteiger partial charge < -0.3 is 5.32 Å². The highest BCUT2D eigenvalue weighted by molar-refractivity contribution is 7.88. The zero-order chi connectivity index (χ0) is 23.7. The van der Waals surface area contributed by atoms with Crippen LogP contribution in [0.3, 0.4) is 0 Å². The van der Waals surface area contributed by atoms with Gasteiger partial charge >= 0.3 is 0 Å². The zero-order valence-corrected chi connectivity index (χ0v) is 19.0. The van der Waals surface area contributed by atoms with E-state index in [0.29, 0.717) is 11.1 Å². The first-order valence-corrected chi connectivity index (χ1v) is 12.2. The number of pyridine rings is 1. The third-order valence-corrected chi connectivity index (χ3v) is 5.52. The molecule has 0 aliphatic carbocycles. The first kappa shape index (κ1) is 24.0. The Morgan fingerprint density at radius 3 is 2.30 bits per heavy atom. The Morgan fingerprint density at radius 2 is 1.61 bits per heavy atom. The molecule has 0 spiro atoms. The molecule has 0 saturated heterocycles. The number of rotatable bonds is 10. The van der Waals surface area contributed by atoms with Gasteiger partial charge in [-0.05, 0) is 41.3 Å². The minimum atomic E-state index is -3.54. The van der Waals surface area contributed by atoms with Gasteiger partial charge in [0, 0.05) is 18.0 Å². The lowest BCUT2D eigenvalue weighted by molar-refractivity contribution is -0.119. The van der Waals surface area contributed by atoms with Crippen molar-refractivity contribution in [3.63, 3.8) is 0 Å². The Balaban J connectivity index is 1.81. The van der Waals surface area contributed by atoms with Gasteiger partial charge in [0.25, 0.3) is 5.91 Å². The third-order valence-electron chi connectivity index (χ3n) is 4.85. The van der Waals surface area contributed by atoms with Crippen LogP contribution >= 0.6 is 0 Å². The van der Waals surface area contributed by atoms with Gasteiger partial charge in [0.05, 0.1) is 18.8 Å². The first-order chi connectivity index (χ1) is 15.8. The number of amides is 1. The molecule has 7 nitrogen and oxygen atoms in total. The van der Waals surface area contributed by atoms with Gasteiger partial charge in [-0.1, -0.05) is 60.7 Å². The van der Waals surface area contributed by atoms with Gasteiger partial charge in [-0.3, -0.25) is 14.6 Å². The number of benzene rings is 2. The van der Waals surface area contributed by atoms with Crippen molar-refractivity contribution in [3.05, 3.63) is 101 Å². The molecule has 3 aromatic rings. The summed E-state index contributed by atoms with van der Waals surface area (Å²) in [4.78, 5) is 29.9. The molecule has 2 N–H and O–H groups in total. The molecule has 0 aliphatic heterocycles. The van der Waals surface area contributed by atoms with Crippen LogP contribution in [0, 0.1) is 0 Å². The molecule has 0 fully saturated rings. The molecule has 1 atom stereocenters. The largest absolute Gasteiger partial charge is 0.342 e. The van der Waals surface area contributed by atoms with E-state index in [4.69, 9.17) is 0 Å². The number of aromatic nitrogens is 1. The molecule has 2 aromatic carbocycles. The van der Waals surface area contributed by atoms with Crippen molar-refractivity contribution in [2.24, 2.45) is 0 Å². The van der Waals surface area contributed by atoms with Crippen molar-refractivity contribution < 1.29 is 18.0 Å². The second-order valence-corrected chi connectivity index (χ2v) is 9.31. The van der Waals surface area contributed by atoms with Crippen molar-refractivity contribution in [1.82, 2.24) is 15.0 Å². The zero-order valence-electron chi connectivity index (χ0n) is 18.1. The lowest BCUT2D eigenvalue weighted by atomic mass is 10.0. The number of hydrogen-bond donors (Lipinski definition) is 2. The van der Waals surface area contributed by atoms with Crippen LogP contribution in [0.2, 0.25) is 0 Å². The van der Waals surface area contributed by atoms with Gasteiger partial charge in [0.1, 0.15) is 0 Å². The van der Waals surface area contributed by atoms with E-state index in [1.54, 1.807) is 24.5 Å². The Labute approximate surface area is 193 Å². The number of nitrogens with zero attached hydrogens (tertiary/aromatic N) is 1. The molecule has 3 rings (SSSR count). The first-order valence-electron chi connectivity index (χ1n) is 10.3. The van der Waals surface area contributed by atoms with Crippen molar-refractivity contribution in [3.8, 4) is 0 Å². The molecular weight excluding hydrogens is 438 g/mol. The lowest BCUT2D eigenvalue weighted by Gasteiger charge is -2.19. The highest BCUT2D eigenvalue weighted by Gasteiger charge is 2.23. The molecule has 1 heterocycles. The maximum absolute atomic E-state index is 13.1. The smallest absolute Gasteiger partial charge is 0.252 e. The fraction of sp³-hybridized carbons (Fsp3) is 0.160. The minimum absolute atomic E-state index is 0.242. The number of carbonyl (C=O) groups excluding carboxylic acids is 2. The number of sulfonamides is 1. The predicted molar refractivity (Wildman–Crippen MR) is 129 cm³/mol. The number of hydrogen-bond acceptors (Lipinski definition) is 5. The average Bonchev–Trinajstić information content (AvgIpc) is 2.82. The maximum atomic E-state index is 13.1. The standard InChI is InChI=1S/C25H25N3O4S/c1-33(31,32)27-18-24(29)23(17-20-7-3-2-4-8-20)28-25(30)22-10-6-5-9-21(22)12-11-19-13-15-26-16-14-19/h2-16,23,27H,17-18H2,1H3,(H,28,30)/b12-11+/t23-/m0/s1. The van der Waals surface area contributed by atoms with Crippen LogP contribution in [0.1, 0.15) is 27.0 Å². The molecule has 0 saturated carbocycles. The Kier molecular flexibility index (Phi) is 8.23. The summed E-state index contributed by atoms with van der Waals surface area (Å²) in [6.07, 6.45) is 8.29. The molecule has 0 aliphatic rings. The number of ketones is 1. The molecule has 0 radical (unpaired) electrons. The molecule has 1 amide bonds. The van der Waals surface area contributed by atoms with Crippen LogP contribution < -0.4 is 10.0 Å². The van der Waals surface area contributed by atoms with Crippen LogP contribution in [0.25, 0.3) is 12.2 Å². The second-order valence-electron chi connectivity index (χ2n) is 7.48. The summed E-state index contributed by atoms with van der Waals surface area (Å²) in [5.74, 6) is -0.846. The Morgan fingerprint density at radius 1 is 0.939 bits per heavy atom. The topological polar surface area (TPSA) is 105 Å². The van der Waals surface area contributed by atoms with E-state index in [-0.39, 0.29) is 6.42 Å². The average molecular weight is 464 g/mol. The summed E-state index contributed by atoms with van der Waals surface area (Å²) in [7, 11) is -3.54. The number of Topliss-reactive ketones (excluding diaryl/α,β-unsaturated/α-hetero) is 1. The van der Waals surface area contributed by atoms with E-state index in [1.807, 2.05) is 66.7 Å². The van der Waals surface area contributed by atoms with Crippen molar-refractivity contribution in [1.29, 1.82) is 0 Å². The van der Waals surface area contributed by atoms with E-state index in [0.717, 1.165) is 17.4 Å². The summed E-state index contributed by atoms with van der Waals surface area (Å²) in [5.41, 5.74) is 2.88. The van der Waals surface area contributed by atoms with Gasteiger partial charge in [-0.2, -0.15) is 0 Å². The van der Waals surface area contributed by atoms with E-state index < -0.39 is 34.3 Å². The van der Waals surface area contributed by atoms with Crippen molar-refractivity contribution in [2.75, 3.05) is 12.8 Å². The quantitative estimate of drug-likeness (QED) is 0.481. The van der Waals surface area contributed by atoms with E-state index in [9.17, 15) is 18.0 Å². The fourth-order valence-corrected chi connectivity index (χ4v) is 3.57. The van der Waals surface area contributed by atoms with E-state index >= 15 is 0 Å². The highest BCUT2D eigenvalue weighted by Crippen LogP contribution is 2.14. The highest BCUT2D eigenvalue weighted by atomic mass is 32.2. The van der Waals surface area contributed by atoms with Crippen LogP contribution in [-0.2, 0) is 21.2 Å². The second kappa shape index (κ2) is 11.3. The van der Waals surface area contributed by atoms with E-state index in [2.05, 4.69) is 15.0 Å². The van der Waals surface area contributed by atoms with Crippen LogP contribution in [-0.4, -0.2) is 43.9 Å². The summed E-state index contributed by atoms with van der Waals surface area (Å²) in [6, 6.07) is 19.1. The molecule has 0 unspecified atom stereocenters. The van der Waals surface area contributed by atoms with Crippen molar-refractivity contribution >= 4 is 33.9 Å². The summed E-state index contributed by atoms with van der Waals surface area (Å²) in [5, 5.41) is 2.79. The summed E-state index contributed by atoms with van der Waals surface area (Å²) < 4.78 is 25.1. The van der Waals surface area contributed by atoms with Gasteiger partial charge in [0.2, 0.25) is 10.0 Å². The fourth-order valence-electron chi connectivity index (χ4n) is 3.17. The molecule has 1 aromatic heterocycles. The molecule has 170 valence electrons. The Bertz CT molecular complexity index is 1230.